The molecule has 2 saturated heterocycles. The van der Waals surface area contributed by atoms with Gasteiger partial charge in [0.05, 0.1) is 4.90 Å². The number of sulfonamides is 1. The van der Waals surface area contributed by atoms with Crippen LogP contribution in [-0.4, -0.2) is 72.8 Å². The van der Waals surface area contributed by atoms with Crippen molar-refractivity contribution in [1.82, 2.24) is 24.8 Å². The van der Waals surface area contributed by atoms with Crippen molar-refractivity contribution in [2.24, 2.45) is 0 Å². The Morgan fingerprint density at radius 1 is 1.13 bits per heavy atom. The molecular weight excluding hydrogens is 538 g/mol. The number of amides is 2. The Morgan fingerprint density at radius 2 is 1.92 bits per heavy atom. The number of rotatable bonds is 8. The zero-order valence-corrected chi connectivity index (χ0v) is 23.3. The van der Waals surface area contributed by atoms with Crippen LogP contribution in [0.4, 0.5) is 0 Å². The molecule has 2 N–H and O–H groups in total. The summed E-state index contributed by atoms with van der Waals surface area (Å²) < 4.78 is 28.8. The van der Waals surface area contributed by atoms with E-state index in [0.29, 0.717) is 37.6 Å². The Hall–Kier alpha value is -3.05. The van der Waals surface area contributed by atoms with Crippen LogP contribution in [0, 0.1) is 0 Å². The molecule has 2 fully saturated rings. The van der Waals surface area contributed by atoms with Gasteiger partial charge in [0.15, 0.2) is 0 Å². The molecule has 2 aromatic carbocycles. The summed E-state index contributed by atoms with van der Waals surface area (Å²) in [6.07, 6.45) is 5.69. The van der Waals surface area contributed by atoms with E-state index in [2.05, 4.69) is 15.0 Å². The van der Waals surface area contributed by atoms with Gasteiger partial charge in [0.25, 0.3) is 0 Å². The van der Waals surface area contributed by atoms with E-state index in [1.165, 1.54) is 11.0 Å². The molecule has 0 aliphatic carbocycles. The first kappa shape index (κ1) is 27.5. The fraction of sp³-hybridized carbons (Fsp3) is 0.393. The molecule has 5 rings (SSSR count). The molecule has 11 heteroatoms. The van der Waals surface area contributed by atoms with E-state index in [1.807, 2.05) is 18.3 Å². The van der Waals surface area contributed by atoms with Crippen LogP contribution < -0.4 is 10.0 Å². The average molecular weight is 570 g/mol. The van der Waals surface area contributed by atoms with Crippen LogP contribution in [0.5, 0.6) is 0 Å². The predicted molar refractivity (Wildman–Crippen MR) is 150 cm³/mol. The fourth-order valence-corrected chi connectivity index (χ4v) is 6.76. The first-order chi connectivity index (χ1) is 18.7. The smallest absolute Gasteiger partial charge is 0.245 e. The van der Waals surface area contributed by atoms with Gasteiger partial charge in [-0.3, -0.25) is 14.6 Å². The first-order valence-electron chi connectivity index (χ1n) is 13.1. The molecule has 9 nitrogen and oxygen atoms in total. The van der Waals surface area contributed by atoms with Gasteiger partial charge in [0, 0.05) is 49.6 Å². The van der Waals surface area contributed by atoms with E-state index >= 15 is 0 Å². The molecule has 3 aromatic rings. The molecular formula is C28H32ClN5O4S. The van der Waals surface area contributed by atoms with Crippen molar-refractivity contribution in [2.75, 3.05) is 19.6 Å². The number of halogens is 1. The SMILES string of the molecule is C[C@@H](C(=O)N1CCCC(NCc2cccnc2)C1)N1CC[C@H](NS(=O)(=O)c2ccc3cc(Cl)ccc3c2)C1=O. The third-order valence-corrected chi connectivity index (χ3v) is 9.20. The van der Waals surface area contributed by atoms with Gasteiger partial charge < -0.3 is 15.1 Å². The van der Waals surface area contributed by atoms with E-state index in [-0.39, 0.29) is 22.8 Å². The lowest BCUT2D eigenvalue weighted by atomic mass is 10.0. The van der Waals surface area contributed by atoms with Crippen LogP contribution in [-0.2, 0) is 26.2 Å². The van der Waals surface area contributed by atoms with Crippen LogP contribution >= 0.6 is 11.6 Å². The Kier molecular flexibility index (Phi) is 8.18. The maximum atomic E-state index is 13.4. The van der Waals surface area contributed by atoms with Gasteiger partial charge in [0.2, 0.25) is 21.8 Å². The zero-order chi connectivity index (χ0) is 27.6. The molecule has 1 unspecified atom stereocenters. The minimum Gasteiger partial charge on any atom is -0.339 e. The van der Waals surface area contributed by atoms with Crippen LogP contribution in [0.25, 0.3) is 10.8 Å². The van der Waals surface area contributed by atoms with Gasteiger partial charge in [-0.15, -0.1) is 0 Å². The lowest BCUT2D eigenvalue weighted by Crippen LogP contribution is -2.54. The molecule has 2 aliphatic heterocycles. The second-order valence-electron chi connectivity index (χ2n) is 10.2. The van der Waals surface area contributed by atoms with Crippen LogP contribution in [0.3, 0.4) is 0 Å². The number of carbonyl (C=O) groups excluding carboxylic acids is 2. The molecule has 2 aliphatic rings. The standard InChI is InChI=1S/C28H32ClN5O4S/c1-19(27(35)33-12-3-5-24(18-33)31-17-20-4-2-11-30-16-20)34-13-10-26(28(34)36)32-39(37,38)25-9-7-21-14-23(29)8-6-22(21)15-25/h2,4,6-9,11,14-16,19,24,26,31-32H,3,5,10,12-13,17-18H2,1H3/t19-,24?,26-/m0/s1. The van der Waals surface area contributed by atoms with Gasteiger partial charge in [-0.25, -0.2) is 8.42 Å². The van der Waals surface area contributed by atoms with E-state index in [4.69, 9.17) is 11.6 Å². The van der Waals surface area contributed by atoms with Crippen molar-refractivity contribution in [3.8, 4) is 0 Å². The number of nitrogens with one attached hydrogen (secondary N) is 2. The molecule has 0 radical (unpaired) electrons. The number of nitrogens with zero attached hydrogens (tertiary/aromatic N) is 3. The second-order valence-corrected chi connectivity index (χ2v) is 12.3. The topological polar surface area (TPSA) is 112 Å². The van der Waals surface area contributed by atoms with Gasteiger partial charge in [0.1, 0.15) is 12.1 Å². The minimum absolute atomic E-state index is 0.0749. The summed E-state index contributed by atoms with van der Waals surface area (Å²) in [6, 6.07) is 12.4. The highest BCUT2D eigenvalue weighted by Gasteiger charge is 2.40. The van der Waals surface area contributed by atoms with E-state index in [1.54, 1.807) is 48.4 Å². The number of hydrogen-bond donors (Lipinski definition) is 2. The van der Waals surface area contributed by atoms with Gasteiger partial charge in [-0.05, 0) is 72.9 Å². The maximum absolute atomic E-state index is 13.4. The van der Waals surface area contributed by atoms with Crippen molar-refractivity contribution in [3.05, 3.63) is 71.5 Å². The van der Waals surface area contributed by atoms with Crippen molar-refractivity contribution < 1.29 is 18.0 Å². The predicted octanol–water partition coefficient (Wildman–Crippen LogP) is 2.94. The number of piperidine rings is 1. The third kappa shape index (κ3) is 6.24. The Balaban J connectivity index is 1.19. The summed E-state index contributed by atoms with van der Waals surface area (Å²) in [6.45, 7) is 3.91. The highest BCUT2D eigenvalue weighted by Crippen LogP contribution is 2.24. The van der Waals surface area contributed by atoms with Crippen LogP contribution in [0.15, 0.2) is 65.8 Å². The molecule has 0 spiro atoms. The molecule has 3 atom stereocenters. The third-order valence-electron chi connectivity index (χ3n) is 7.50. The maximum Gasteiger partial charge on any atom is 0.245 e. The number of aromatic nitrogens is 1. The van der Waals surface area contributed by atoms with Crippen molar-refractivity contribution in [2.45, 2.75) is 55.8 Å². The number of likely N-dealkylation sites (tertiary alicyclic amines) is 2. The summed E-state index contributed by atoms with van der Waals surface area (Å²) in [5.41, 5.74) is 1.08. The lowest BCUT2D eigenvalue weighted by molar-refractivity contribution is -0.144. The van der Waals surface area contributed by atoms with Crippen molar-refractivity contribution in [3.63, 3.8) is 0 Å². The number of benzene rings is 2. The highest BCUT2D eigenvalue weighted by atomic mass is 35.5. The lowest BCUT2D eigenvalue weighted by Gasteiger charge is -2.36. The zero-order valence-electron chi connectivity index (χ0n) is 21.7. The average Bonchev–Trinajstić information content (AvgIpc) is 3.30. The van der Waals surface area contributed by atoms with E-state index in [0.717, 1.165) is 29.2 Å². The Labute approximate surface area is 233 Å². The highest BCUT2D eigenvalue weighted by molar-refractivity contribution is 7.89. The molecule has 0 bridgehead atoms. The molecule has 1 aromatic heterocycles. The Bertz CT molecular complexity index is 1470. The summed E-state index contributed by atoms with van der Waals surface area (Å²) in [4.78, 5) is 34.1. The molecule has 3 heterocycles. The van der Waals surface area contributed by atoms with Gasteiger partial charge in [-0.2, -0.15) is 4.72 Å². The van der Waals surface area contributed by atoms with E-state index < -0.39 is 22.1 Å². The summed E-state index contributed by atoms with van der Waals surface area (Å²) in [7, 11) is -3.94. The number of pyridine rings is 1. The van der Waals surface area contributed by atoms with Gasteiger partial charge in [-0.1, -0.05) is 29.8 Å². The number of carbonyl (C=O) groups is 2. The van der Waals surface area contributed by atoms with Crippen LogP contribution in [0.1, 0.15) is 31.7 Å². The fourth-order valence-electron chi connectivity index (χ4n) is 5.32. The quantitative estimate of drug-likeness (QED) is 0.431. The molecule has 2 amide bonds. The monoisotopic (exact) mass is 569 g/mol. The first-order valence-corrected chi connectivity index (χ1v) is 15.0. The van der Waals surface area contributed by atoms with Gasteiger partial charge >= 0.3 is 0 Å². The summed E-state index contributed by atoms with van der Waals surface area (Å²) in [5, 5.41) is 5.63. The number of hydrogen-bond acceptors (Lipinski definition) is 6. The van der Waals surface area contributed by atoms with Crippen molar-refractivity contribution in [1.29, 1.82) is 0 Å². The van der Waals surface area contributed by atoms with Crippen molar-refractivity contribution >= 4 is 44.2 Å². The van der Waals surface area contributed by atoms with E-state index in [9.17, 15) is 18.0 Å². The minimum atomic E-state index is -3.94. The number of fused-ring (bicyclic) bond motifs is 1. The molecule has 0 saturated carbocycles. The second kappa shape index (κ2) is 11.6. The molecule has 206 valence electrons. The summed E-state index contributed by atoms with van der Waals surface area (Å²) in [5.74, 6) is -0.497. The largest absolute Gasteiger partial charge is 0.339 e. The van der Waals surface area contributed by atoms with Crippen LogP contribution in [0.2, 0.25) is 5.02 Å². The normalized spacial score (nSPS) is 20.9. The molecule has 39 heavy (non-hydrogen) atoms. The Morgan fingerprint density at radius 3 is 2.72 bits per heavy atom. The summed E-state index contributed by atoms with van der Waals surface area (Å²) >= 11 is 6.03.